The van der Waals surface area contributed by atoms with Crippen LogP contribution in [-0.4, -0.2) is 21.0 Å². The molecule has 1 aromatic heterocycles. The molecule has 4 aromatic rings. The maximum atomic E-state index is 11.9. The molecule has 3 aromatic carbocycles. The third-order valence-electron chi connectivity index (χ3n) is 4.51. The van der Waals surface area contributed by atoms with Gasteiger partial charge < -0.3 is 14.8 Å². The number of H-pyrrole nitrogens is 1. The minimum Gasteiger partial charge on any atom is -0.488 e. The maximum Gasteiger partial charge on any atom is 0.342 e. The number of aliphatic carboxylic acids is 1. The zero-order valence-electron chi connectivity index (χ0n) is 16.3. The number of aromatic amines is 1. The Labute approximate surface area is 182 Å². The first kappa shape index (κ1) is 20.3. The molecular formula is C24H17N3O3S. The topological polar surface area (TPSA) is 99.0 Å². The third kappa shape index (κ3) is 4.77. The monoisotopic (exact) mass is 427 g/mol. The summed E-state index contributed by atoms with van der Waals surface area (Å²) in [6.45, 7) is 0.202. The van der Waals surface area contributed by atoms with Crippen LogP contribution in [0.3, 0.4) is 0 Å². The van der Waals surface area contributed by atoms with Gasteiger partial charge in [0.15, 0.2) is 5.16 Å². The van der Waals surface area contributed by atoms with Crippen molar-refractivity contribution in [3.63, 3.8) is 0 Å². The number of nitrogens with zero attached hydrogens (tertiary/aromatic N) is 2. The van der Waals surface area contributed by atoms with Gasteiger partial charge in [-0.15, -0.1) is 0 Å². The van der Waals surface area contributed by atoms with Gasteiger partial charge in [-0.05, 0) is 42.1 Å². The predicted octanol–water partition coefficient (Wildman–Crippen LogP) is 5.23. The highest BCUT2D eigenvalue weighted by Crippen LogP contribution is 2.31. The second-order valence-corrected chi connectivity index (χ2v) is 7.60. The summed E-state index contributed by atoms with van der Waals surface area (Å²) in [7, 11) is 0. The van der Waals surface area contributed by atoms with Crippen molar-refractivity contribution in [1.29, 1.82) is 5.26 Å². The fraction of sp³-hybridized carbons (Fsp3) is 0.0417. The van der Waals surface area contributed by atoms with E-state index in [2.05, 4.69) is 16.0 Å². The van der Waals surface area contributed by atoms with Crippen LogP contribution in [-0.2, 0) is 11.4 Å². The Balaban J connectivity index is 1.59. The van der Waals surface area contributed by atoms with Crippen LogP contribution < -0.4 is 4.74 Å². The molecule has 0 atom stereocenters. The number of rotatable bonds is 7. The number of para-hydroxylation sites is 3. The van der Waals surface area contributed by atoms with Crippen molar-refractivity contribution in [2.24, 2.45) is 0 Å². The van der Waals surface area contributed by atoms with Crippen molar-refractivity contribution in [2.75, 3.05) is 0 Å². The Morgan fingerprint density at radius 3 is 2.65 bits per heavy atom. The van der Waals surface area contributed by atoms with Gasteiger partial charge in [0, 0.05) is 11.1 Å². The predicted molar refractivity (Wildman–Crippen MR) is 119 cm³/mol. The fourth-order valence-corrected chi connectivity index (χ4v) is 3.79. The van der Waals surface area contributed by atoms with Gasteiger partial charge in [0.1, 0.15) is 17.3 Å². The number of thioether (sulfide) groups is 1. The lowest BCUT2D eigenvalue weighted by Gasteiger charge is -2.11. The van der Waals surface area contributed by atoms with Crippen molar-refractivity contribution >= 4 is 34.8 Å². The van der Waals surface area contributed by atoms with E-state index in [0.29, 0.717) is 22.0 Å². The number of hydrogen-bond acceptors (Lipinski definition) is 5. The second kappa shape index (κ2) is 9.20. The Morgan fingerprint density at radius 2 is 1.84 bits per heavy atom. The molecule has 0 amide bonds. The number of carboxylic acids is 1. The molecule has 0 saturated carbocycles. The van der Waals surface area contributed by atoms with E-state index in [1.807, 2.05) is 48.5 Å². The molecule has 0 bridgehead atoms. The number of ether oxygens (including phenoxy) is 1. The molecule has 0 radical (unpaired) electrons. The summed E-state index contributed by atoms with van der Waals surface area (Å²) >= 11 is 1.04. The minimum atomic E-state index is -1.06. The summed E-state index contributed by atoms with van der Waals surface area (Å²) in [5.41, 5.74) is 3.54. The number of benzene rings is 3. The lowest BCUT2D eigenvalue weighted by Crippen LogP contribution is -2.01. The van der Waals surface area contributed by atoms with Gasteiger partial charge in [-0.1, -0.05) is 48.5 Å². The summed E-state index contributed by atoms with van der Waals surface area (Å²) in [5, 5.41) is 19.5. The molecule has 31 heavy (non-hydrogen) atoms. The Kier molecular flexibility index (Phi) is 6.01. The van der Waals surface area contributed by atoms with Crippen molar-refractivity contribution in [2.45, 2.75) is 11.8 Å². The van der Waals surface area contributed by atoms with Crippen LogP contribution >= 0.6 is 11.8 Å². The van der Waals surface area contributed by atoms with Crippen molar-refractivity contribution in [1.82, 2.24) is 9.97 Å². The van der Waals surface area contributed by atoms with E-state index >= 15 is 0 Å². The molecule has 0 spiro atoms. The third-order valence-corrected chi connectivity index (χ3v) is 5.41. The summed E-state index contributed by atoms with van der Waals surface area (Å²) < 4.78 is 5.92. The number of nitriles is 1. The van der Waals surface area contributed by atoms with Crippen molar-refractivity contribution in [3.05, 3.63) is 94.4 Å². The number of fused-ring (bicyclic) bond motifs is 1. The number of aromatic nitrogens is 2. The average molecular weight is 427 g/mol. The highest BCUT2D eigenvalue weighted by atomic mass is 32.2. The van der Waals surface area contributed by atoms with Gasteiger partial charge in [0.05, 0.1) is 22.7 Å². The lowest BCUT2D eigenvalue weighted by molar-refractivity contribution is -0.131. The van der Waals surface area contributed by atoms with Crippen molar-refractivity contribution in [3.8, 4) is 11.8 Å². The molecule has 0 fully saturated rings. The highest BCUT2D eigenvalue weighted by molar-refractivity contribution is 8.04. The summed E-state index contributed by atoms with van der Waals surface area (Å²) in [6, 6.07) is 24.1. The molecule has 152 valence electrons. The molecule has 0 aliphatic rings. The van der Waals surface area contributed by atoms with E-state index in [0.717, 1.165) is 28.4 Å². The number of nitrogens with one attached hydrogen (secondary N) is 1. The van der Waals surface area contributed by atoms with E-state index in [-0.39, 0.29) is 11.5 Å². The lowest BCUT2D eigenvalue weighted by atomic mass is 10.1. The summed E-state index contributed by atoms with van der Waals surface area (Å²) in [5.74, 6) is -0.533. The van der Waals surface area contributed by atoms with Gasteiger partial charge in [-0.2, -0.15) is 5.26 Å². The summed E-state index contributed by atoms with van der Waals surface area (Å²) in [4.78, 5) is 19.6. The van der Waals surface area contributed by atoms with E-state index in [1.54, 1.807) is 30.3 Å². The van der Waals surface area contributed by atoms with Gasteiger partial charge in [0.2, 0.25) is 0 Å². The van der Waals surface area contributed by atoms with E-state index in [1.165, 1.54) is 0 Å². The molecule has 0 saturated heterocycles. The highest BCUT2D eigenvalue weighted by Gasteiger charge is 2.14. The van der Waals surface area contributed by atoms with E-state index in [4.69, 9.17) is 4.74 Å². The molecule has 0 aliphatic heterocycles. The molecule has 6 nitrogen and oxygen atoms in total. The van der Waals surface area contributed by atoms with Crippen LogP contribution in [0, 0.1) is 11.3 Å². The molecule has 4 rings (SSSR count). The Bertz CT molecular complexity index is 1290. The number of hydrogen-bond donors (Lipinski definition) is 2. The number of imidazole rings is 1. The first-order valence-corrected chi connectivity index (χ1v) is 10.2. The largest absolute Gasteiger partial charge is 0.488 e. The molecule has 1 heterocycles. The zero-order chi connectivity index (χ0) is 21.6. The number of carboxylic acid groups (broad SMARTS) is 1. The zero-order valence-corrected chi connectivity index (χ0v) is 17.1. The van der Waals surface area contributed by atoms with Crippen molar-refractivity contribution < 1.29 is 14.6 Å². The van der Waals surface area contributed by atoms with E-state index in [9.17, 15) is 15.2 Å². The molecule has 0 aliphatic carbocycles. The summed E-state index contributed by atoms with van der Waals surface area (Å²) in [6.07, 6.45) is 1.56. The quantitative estimate of drug-likeness (QED) is 0.309. The van der Waals surface area contributed by atoms with Crippen LogP contribution in [0.2, 0.25) is 0 Å². The Morgan fingerprint density at radius 1 is 1.10 bits per heavy atom. The van der Waals surface area contributed by atoms with Gasteiger partial charge in [0.25, 0.3) is 0 Å². The van der Waals surface area contributed by atoms with Crippen LogP contribution in [0.5, 0.6) is 5.75 Å². The SMILES string of the molecule is N#Cc1ccccc1COc1ccccc1/C=C(\Sc1nc2ccccc2[nH]1)C(=O)O. The van der Waals surface area contributed by atoms with E-state index < -0.39 is 5.97 Å². The molecule has 7 heteroatoms. The van der Waals surface area contributed by atoms with Crippen LogP contribution in [0.4, 0.5) is 0 Å². The van der Waals surface area contributed by atoms with Gasteiger partial charge in [-0.25, -0.2) is 9.78 Å². The first-order chi connectivity index (χ1) is 15.1. The van der Waals surface area contributed by atoms with Crippen LogP contribution in [0.1, 0.15) is 16.7 Å². The Hall–Kier alpha value is -4.02. The number of carbonyl (C=O) groups is 1. The van der Waals surface area contributed by atoms with Gasteiger partial charge >= 0.3 is 5.97 Å². The standard InChI is InChI=1S/C24H17N3O3S/c25-14-17-8-1-2-9-18(17)15-30-21-12-6-3-7-16(21)13-22(23(28)29)31-24-26-19-10-4-5-11-20(19)27-24/h1-13H,15H2,(H,26,27)(H,28,29)/b22-13-. The fourth-order valence-electron chi connectivity index (χ4n) is 3.00. The molecule has 2 N–H and O–H groups in total. The smallest absolute Gasteiger partial charge is 0.342 e. The first-order valence-electron chi connectivity index (χ1n) is 9.41. The molecular weight excluding hydrogens is 410 g/mol. The minimum absolute atomic E-state index is 0.104. The van der Waals surface area contributed by atoms with Gasteiger partial charge in [-0.3, -0.25) is 0 Å². The average Bonchev–Trinajstić information content (AvgIpc) is 3.20. The van der Waals surface area contributed by atoms with Crippen LogP contribution in [0.15, 0.2) is 82.9 Å². The normalized spacial score (nSPS) is 11.3. The maximum absolute atomic E-state index is 11.9. The van der Waals surface area contributed by atoms with Crippen LogP contribution in [0.25, 0.3) is 17.1 Å². The second-order valence-electron chi connectivity index (χ2n) is 6.57. The molecule has 0 unspecified atom stereocenters.